The summed E-state index contributed by atoms with van der Waals surface area (Å²) < 4.78 is 0. The van der Waals surface area contributed by atoms with Crippen LogP contribution in [0.5, 0.6) is 0 Å². The van der Waals surface area contributed by atoms with Crippen molar-refractivity contribution in [2.75, 3.05) is 5.32 Å². The van der Waals surface area contributed by atoms with E-state index >= 15 is 0 Å². The summed E-state index contributed by atoms with van der Waals surface area (Å²) in [5, 5.41) is 2.96. The molecule has 0 bridgehead atoms. The van der Waals surface area contributed by atoms with Gasteiger partial charge in [0.25, 0.3) is 5.91 Å². The van der Waals surface area contributed by atoms with Crippen LogP contribution in [0.15, 0.2) is 42.5 Å². The molecular formula is C19H23NO. The summed E-state index contributed by atoms with van der Waals surface area (Å²) in [6.07, 6.45) is 3.50. The summed E-state index contributed by atoms with van der Waals surface area (Å²) in [5.41, 5.74) is 5.08. The van der Waals surface area contributed by atoms with E-state index in [0.29, 0.717) is 0 Å². The molecule has 1 N–H and O–H groups in total. The summed E-state index contributed by atoms with van der Waals surface area (Å²) in [5.74, 6) is -0.0474. The molecule has 0 heterocycles. The fourth-order valence-corrected chi connectivity index (χ4v) is 2.40. The summed E-state index contributed by atoms with van der Waals surface area (Å²) in [4.78, 5) is 12.3. The Balaban J connectivity index is 2.05. The minimum atomic E-state index is -0.0474. The lowest BCUT2D eigenvalue weighted by Gasteiger charge is -2.09. The summed E-state index contributed by atoms with van der Waals surface area (Å²) in [6.45, 7) is 6.19. The fourth-order valence-electron chi connectivity index (χ4n) is 2.40. The number of carbonyl (C=O) groups is 1. The smallest absolute Gasteiger partial charge is 0.255 e. The number of rotatable bonds is 5. The lowest BCUT2D eigenvalue weighted by Crippen LogP contribution is -2.13. The second-order valence-electron chi connectivity index (χ2n) is 5.57. The van der Waals surface area contributed by atoms with E-state index in [9.17, 15) is 4.79 Å². The normalized spacial score (nSPS) is 10.4. The zero-order valence-corrected chi connectivity index (χ0v) is 13.1. The van der Waals surface area contributed by atoms with E-state index < -0.39 is 0 Å². The highest BCUT2D eigenvalue weighted by Crippen LogP contribution is 2.15. The zero-order valence-electron chi connectivity index (χ0n) is 13.1. The topological polar surface area (TPSA) is 29.1 Å². The Morgan fingerprint density at radius 2 is 1.76 bits per heavy atom. The molecule has 0 atom stereocenters. The highest BCUT2D eigenvalue weighted by atomic mass is 16.1. The van der Waals surface area contributed by atoms with Gasteiger partial charge in [-0.1, -0.05) is 43.2 Å². The molecule has 2 rings (SSSR count). The predicted molar refractivity (Wildman–Crippen MR) is 88.9 cm³/mol. The zero-order chi connectivity index (χ0) is 15.2. The molecule has 0 aliphatic rings. The molecule has 0 spiro atoms. The highest BCUT2D eigenvalue weighted by Gasteiger charge is 2.09. The number of benzene rings is 2. The Morgan fingerprint density at radius 3 is 2.38 bits per heavy atom. The van der Waals surface area contributed by atoms with E-state index in [1.54, 1.807) is 0 Å². The number of aryl methyl sites for hydroxylation is 3. The van der Waals surface area contributed by atoms with E-state index in [1.807, 2.05) is 44.2 Å². The Labute approximate surface area is 127 Å². The van der Waals surface area contributed by atoms with Gasteiger partial charge in [-0.25, -0.2) is 0 Å². The van der Waals surface area contributed by atoms with Gasteiger partial charge in [0, 0.05) is 11.3 Å². The van der Waals surface area contributed by atoms with Crippen molar-refractivity contribution in [3.63, 3.8) is 0 Å². The van der Waals surface area contributed by atoms with Gasteiger partial charge in [0.15, 0.2) is 0 Å². The second-order valence-corrected chi connectivity index (χ2v) is 5.57. The third-order valence-corrected chi connectivity index (χ3v) is 3.66. The molecule has 2 aromatic rings. The first-order chi connectivity index (χ1) is 10.1. The van der Waals surface area contributed by atoms with Gasteiger partial charge in [-0.15, -0.1) is 0 Å². The number of nitrogens with one attached hydrogen (secondary N) is 1. The molecule has 110 valence electrons. The van der Waals surface area contributed by atoms with Crippen LogP contribution in [0.4, 0.5) is 5.69 Å². The quantitative estimate of drug-likeness (QED) is 0.830. The van der Waals surface area contributed by atoms with Gasteiger partial charge in [-0.3, -0.25) is 4.79 Å². The van der Waals surface area contributed by atoms with Crippen LogP contribution in [0.3, 0.4) is 0 Å². The second kappa shape index (κ2) is 7.07. The number of amides is 1. The van der Waals surface area contributed by atoms with Gasteiger partial charge in [0.05, 0.1) is 0 Å². The van der Waals surface area contributed by atoms with Gasteiger partial charge in [-0.05, 0) is 56.0 Å². The fraction of sp³-hybridized carbons (Fsp3) is 0.316. The average molecular weight is 281 g/mol. The van der Waals surface area contributed by atoms with Gasteiger partial charge >= 0.3 is 0 Å². The van der Waals surface area contributed by atoms with Crippen LogP contribution in [-0.4, -0.2) is 5.91 Å². The maximum absolute atomic E-state index is 12.3. The van der Waals surface area contributed by atoms with E-state index in [0.717, 1.165) is 23.2 Å². The first kappa shape index (κ1) is 15.3. The van der Waals surface area contributed by atoms with Crippen molar-refractivity contribution in [2.24, 2.45) is 0 Å². The van der Waals surface area contributed by atoms with E-state index in [-0.39, 0.29) is 5.91 Å². The average Bonchev–Trinajstić information content (AvgIpc) is 2.46. The summed E-state index contributed by atoms with van der Waals surface area (Å²) >= 11 is 0. The maximum Gasteiger partial charge on any atom is 0.255 e. The molecule has 2 heteroatoms. The molecular weight excluding hydrogens is 258 g/mol. The van der Waals surface area contributed by atoms with Gasteiger partial charge in [-0.2, -0.15) is 0 Å². The van der Waals surface area contributed by atoms with E-state index in [1.165, 1.54) is 24.0 Å². The van der Waals surface area contributed by atoms with Crippen molar-refractivity contribution in [2.45, 2.75) is 40.0 Å². The SMILES string of the molecule is CCCCc1ccc(NC(=O)c2ccc(C)cc2C)cc1. The largest absolute Gasteiger partial charge is 0.322 e. The standard InChI is InChI=1S/C19H23NO/c1-4-5-6-16-8-10-17(11-9-16)20-19(21)18-12-7-14(2)13-15(18)3/h7-13H,4-6H2,1-3H3,(H,20,21). The molecule has 2 nitrogen and oxygen atoms in total. The number of anilines is 1. The minimum absolute atomic E-state index is 0.0474. The predicted octanol–water partition coefficient (Wildman–Crippen LogP) is 4.90. The molecule has 0 fully saturated rings. The molecule has 0 aromatic heterocycles. The minimum Gasteiger partial charge on any atom is -0.322 e. The first-order valence-corrected chi connectivity index (χ1v) is 7.57. The molecule has 0 aliphatic carbocycles. The van der Waals surface area contributed by atoms with Crippen molar-refractivity contribution in [3.05, 3.63) is 64.7 Å². The van der Waals surface area contributed by atoms with Crippen LogP contribution in [-0.2, 0) is 6.42 Å². The third-order valence-electron chi connectivity index (χ3n) is 3.66. The maximum atomic E-state index is 12.3. The molecule has 0 aliphatic heterocycles. The lowest BCUT2D eigenvalue weighted by molar-refractivity contribution is 0.102. The van der Waals surface area contributed by atoms with Crippen LogP contribution in [0.2, 0.25) is 0 Å². The Bertz CT molecular complexity index is 614. The molecule has 21 heavy (non-hydrogen) atoms. The van der Waals surface area contributed by atoms with Crippen molar-refractivity contribution in [3.8, 4) is 0 Å². The van der Waals surface area contributed by atoms with E-state index in [4.69, 9.17) is 0 Å². The van der Waals surface area contributed by atoms with Crippen LogP contribution < -0.4 is 5.32 Å². The molecule has 1 amide bonds. The number of hydrogen-bond donors (Lipinski definition) is 1. The van der Waals surface area contributed by atoms with Crippen molar-refractivity contribution in [1.29, 1.82) is 0 Å². The van der Waals surface area contributed by atoms with Crippen molar-refractivity contribution >= 4 is 11.6 Å². The monoisotopic (exact) mass is 281 g/mol. The molecule has 0 unspecified atom stereocenters. The molecule has 0 saturated heterocycles. The summed E-state index contributed by atoms with van der Waals surface area (Å²) in [6, 6.07) is 14.0. The lowest BCUT2D eigenvalue weighted by atomic mass is 10.0. The van der Waals surface area contributed by atoms with E-state index in [2.05, 4.69) is 24.4 Å². The molecule has 2 aromatic carbocycles. The number of unbranched alkanes of at least 4 members (excludes halogenated alkanes) is 1. The summed E-state index contributed by atoms with van der Waals surface area (Å²) in [7, 11) is 0. The third kappa shape index (κ3) is 4.19. The first-order valence-electron chi connectivity index (χ1n) is 7.57. The number of carbonyl (C=O) groups excluding carboxylic acids is 1. The molecule has 0 radical (unpaired) electrons. The van der Waals surface area contributed by atoms with Crippen molar-refractivity contribution in [1.82, 2.24) is 0 Å². The Morgan fingerprint density at radius 1 is 1.05 bits per heavy atom. The van der Waals surface area contributed by atoms with Crippen LogP contribution in [0.1, 0.15) is 46.8 Å². The van der Waals surface area contributed by atoms with Gasteiger partial charge < -0.3 is 5.32 Å². The highest BCUT2D eigenvalue weighted by molar-refractivity contribution is 6.05. The molecule has 0 saturated carbocycles. The van der Waals surface area contributed by atoms with Crippen LogP contribution in [0, 0.1) is 13.8 Å². The Hall–Kier alpha value is -2.09. The Kier molecular flexibility index (Phi) is 5.15. The van der Waals surface area contributed by atoms with Gasteiger partial charge in [0.2, 0.25) is 0 Å². The van der Waals surface area contributed by atoms with Crippen LogP contribution in [0.25, 0.3) is 0 Å². The van der Waals surface area contributed by atoms with Crippen LogP contribution >= 0.6 is 0 Å². The van der Waals surface area contributed by atoms with Crippen molar-refractivity contribution < 1.29 is 4.79 Å². The van der Waals surface area contributed by atoms with Gasteiger partial charge in [0.1, 0.15) is 0 Å². The number of hydrogen-bond acceptors (Lipinski definition) is 1.